The second kappa shape index (κ2) is 9.56. The van der Waals surface area contributed by atoms with E-state index in [-0.39, 0.29) is 5.91 Å². The van der Waals surface area contributed by atoms with Crippen LogP contribution in [0.5, 0.6) is 5.75 Å². The molecule has 0 radical (unpaired) electrons. The summed E-state index contributed by atoms with van der Waals surface area (Å²) < 4.78 is 5.61. The van der Waals surface area contributed by atoms with Crippen molar-refractivity contribution in [2.45, 2.75) is 39.8 Å². The number of hydrogen-bond acceptors (Lipinski definition) is 3. The van der Waals surface area contributed by atoms with Crippen LogP contribution in [-0.4, -0.2) is 30.5 Å². The molecule has 0 bridgehead atoms. The van der Waals surface area contributed by atoms with Crippen LogP contribution in [0, 0.1) is 5.92 Å². The van der Waals surface area contributed by atoms with Gasteiger partial charge in [-0.25, -0.2) is 0 Å². The minimum absolute atomic E-state index is 0.0561. The molecule has 1 amide bonds. The van der Waals surface area contributed by atoms with Gasteiger partial charge < -0.3 is 10.1 Å². The molecule has 2 aromatic carbocycles. The van der Waals surface area contributed by atoms with Gasteiger partial charge in [0.2, 0.25) is 0 Å². The Kier molecular flexibility index (Phi) is 6.88. The average Bonchev–Trinajstić information content (AvgIpc) is 2.68. The van der Waals surface area contributed by atoms with Gasteiger partial charge in [0.1, 0.15) is 5.75 Å². The summed E-state index contributed by atoms with van der Waals surface area (Å²) >= 11 is 0. The van der Waals surface area contributed by atoms with E-state index in [1.165, 1.54) is 31.5 Å². The number of para-hydroxylation sites is 1. The van der Waals surface area contributed by atoms with E-state index in [0.29, 0.717) is 18.7 Å². The fraction of sp³-hybridized carbons (Fsp3) is 0.435. The maximum atomic E-state index is 12.5. The van der Waals surface area contributed by atoms with Crippen molar-refractivity contribution in [3.8, 4) is 5.75 Å². The lowest BCUT2D eigenvalue weighted by molar-refractivity contribution is 0.0950. The summed E-state index contributed by atoms with van der Waals surface area (Å²) in [5.74, 6) is 1.55. The first-order valence-electron chi connectivity index (χ1n) is 9.96. The van der Waals surface area contributed by atoms with Gasteiger partial charge >= 0.3 is 0 Å². The number of carbonyl (C=O) groups is 1. The summed E-state index contributed by atoms with van der Waals surface area (Å²) in [6.45, 7) is 8.66. The van der Waals surface area contributed by atoms with Crippen LogP contribution in [0.15, 0.2) is 48.5 Å². The zero-order valence-electron chi connectivity index (χ0n) is 16.4. The first kappa shape index (κ1) is 19.4. The van der Waals surface area contributed by atoms with Crippen LogP contribution in [0.25, 0.3) is 0 Å². The van der Waals surface area contributed by atoms with Crippen molar-refractivity contribution in [2.24, 2.45) is 5.92 Å². The summed E-state index contributed by atoms with van der Waals surface area (Å²) in [4.78, 5) is 15.0. The first-order valence-corrected chi connectivity index (χ1v) is 9.96. The molecule has 0 aliphatic carbocycles. The predicted molar refractivity (Wildman–Crippen MR) is 109 cm³/mol. The molecule has 1 atom stereocenters. The van der Waals surface area contributed by atoms with E-state index in [1.807, 2.05) is 43.3 Å². The molecule has 1 N–H and O–H groups in total. The van der Waals surface area contributed by atoms with Crippen LogP contribution in [0.3, 0.4) is 0 Å². The molecule has 4 heteroatoms. The molecule has 144 valence electrons. The summed E-state index contributed by atoms with van der Waals surface area (Å²) in [5.41, 5.74) is 2.95. The molecular weight excluding hydrogens is 336 g/mol. The van der Waals surface area contributed by atoms with Crippen LogP contribution in [0.1, 0.15) is 48.2 Å². The topological polar surface area (TPSA) is 41.6 Å². The molecule has 1 aliphatic heterocycles. The van der Waals surface area contributed by atoms with Gasteiger partial charge in [-0.3, -0.25) is 9.69 Å². The van der Waals surface area contributed by atoms with Crippen molar-refractivity contribution < 1.29 is 9.53 Å². The second-order valence-electron chi connectivity index (χ2n) is 7.40. The molecule has 0 saturated carbocycles. The van der Waals surface area contributed by atoms with Crippen molar-refractivity contribution in [2.75, 3.05) is 19.7 Å². The van der Waals surface area contributed by atoms with Crippen LogP contribution in [-0.2, 0) is 13.1 Å². The highest BCUT2D eigenvalue weighted by Gasteiger charge is 2.16. The quantitative estimate of drug-likeness (QED) is 0.797. The number of rotatable bonds is 7. The molecule has 1 heterocycles. The lowest BCUT2D eigenvalue weighted by atomic mass is 9.99. The van der Waals surface area contributed by atoms with E-state index in [1.54, 1.807) is 0 Å². The number of piperidine rings is 1. The second-order valence-corrected chi connectivity index (χ2v) is 7.40. The minimum atomic E-state index is -0.0561. The first-order chi connectivity index (χ1) is 13.2. The number of benzene rings is 2. The molecule has 2 aromatic rings. The van der Waals surface area contributed by atoms with E-state index in [9.17, 15) is 4.79 Å². The van der Waals surface area contributed by atoms with E-state index in [4.69, 9.17) is 4.74 Å². The molecule has 0 aromatic heterocycles. The van der Waals surface area contributed by atoms with Crippen molar-refractivity contribution >= 4 is 5.91 Å². The Morgan fingerprint density at radius 2 is 1.96 bits per heavy atom. The molecule has 27 heavy (non-hydrogen) atoms. The zero-order chi connectivity index (χ0) is 19.1. The molecular formula is C23H30N2O2. The number of nitrogens with zero attached hydrogens (tertiary/aromatic N) is 1. The van der Waals surface area contributed by atoms with Crippen molar-refractivity contribution in [1.82, 2.24) is 10.2 Å². The summed E-state index contributed by atoms with van der Waals surface area (Å²) in [5, 5.41) is 2.99. The van der Waals surface area contributed by atoms with Gasteiger partial charge in [-0.05, 0) is 56.0 Å². The highest BCUT2D eigenvalue weighted by molar-refractivity contribution is 5.94. The van der Waals surface area contributed by atoms with E-state index >= 15 is 0 Å². The van der Waals surface area contributed by atoms with Crippen LogP contribution >= 0.6 is 0 Å². The van der Waals surface area contributed by atoms with Crippen molar-refractivity contribution in [1.29, 1.82) is 0 Å². The van der Waals surface area contributed by atoms with Gasteiger partial charge in [-0.15, -0.1) is 0 Å². The predicted octanol–water partition coefficient (Wildman–Crippen LogP) is 4.25. The van der Waals surface area contributed by atoms with E-state index < -0.39 is 0 Å². The standard InChI is InChI=1S/C23H30N2O2/c1-3-27-22-9-5-4-8-21(22)15-24-23(26)20-12-10-19(11-13-20)17-25-14-6-7-18(2)16-25/h4-5,8-13,18H,3,6-7,14-17H2,1-2H3,(H,24,26)/t18-/m1/s1. The number of amides is 1. The lowest BCUT2D eigenvalue weighted by Gasteiger charge is -2.30. The van der Waals surface area contributed by atoms with Crippen LogP contribution < -0.4 is 10.1 Å². The maximum absolute atomic E-state index is 12.5. The van der Waals surface area contributed by atoms with Gasteiger partial charge in [-0.2, -0.15) is 0 Å². The number of ether oxygens (including phenoxy) is 1. The third-order valence-corrected chi connectivity index (χ3v) is 5.08. The average molecular weight is 367 g/mol. The largest absolute Gasteiger partial charge is 0.494 e. The Balaban J connectivity index is 1.54. The summed E-state index contributed by atoms with van der Waals surface area (Å²) in [6.07, 6.45) is 2.62. The van der Waals surface area contributed by atoms with Crippen molar-refractivity contribution in [3.05, 3.63) is 65.2 Å². The highest BCUT2D eigenvalue weighted by atomic mass is 16.5. The minimum Gasteiger partial charge on any atom is -0.494 e. The third kappa shape index (κ3) is 5.57. The fourth-order valence-electron chi connectivity index (χ4n) is 3.67. The van der Waals surface area contributed by atoms with Gasteiger partial charge in [0.05, 0.1) is 6.61 Å². The number of hydrogen-bond donors (Lipinski definition) is 1. The Labute approximate surface area is 162 Å². The monoisotopic (exact) mass is 366 g/mol. The summed E-state index contributed by atoms with van der Waals surface area (Å²) in [6, 6.07) is 15.8. The number of likely N-dealkylation sites (tertiary alicyclic amines) is 1. The molecule has 4 nitrogen and oxygen atoms in total. The number of carbonyl (C=O) groups excluding carboxylic acids is 1. The maximum Gasteiger partial charge on any atom is 0.251 e. The van der Waals surface area contributed by atoms with Gasteiger partial charge in [0, 0.05) is 30.8 Å². The molecule has 1 aliphatic rings. The molecule has 0 spiro atoms. The Hall–Kier alpha value is -2.33. The van der Waals surface area contributed by atoms with Gasteiger partial charge in [0.25, 0.3) is 5.91 Å². The van der Waals surface area contributed by atoms with Crippen molar-refractivity contribution in [3.63, 3.8) is 0 Å². The fourth-order valence-corrected chi connectivity index (χ4v) is 3.67. The molecule has 0 unspecified atom stereocenters. The van der Waals surface area contributed by atoms with E-state index in [2.05, 4.69) is 29.3 Å². The Morgan fingerprint density at radius 1 is 1.19 bits per heavy atom. The Morgan fingerprint density at radius 3 is 2.70 bits per heavy atom. The third-order valence-electron chi connectivity index (χ3n) is 5.08. The molecule has 1 fully saturated rings. The smallest absolute Gasteiger partial charge is 0.251 e. The van der Waals surface area contributed by atoms with Crippen LogP contribution in [0.2, 0.25) is 0 Å². The normalized spacial score (nSPS) is 17.5. The lowest BCUT2D eigenvalue weighted by Crippen LogP contribution is -2.33. The van der Waals surface area contributed by atoms with Crippen LogP contribution in [0.4, 0.5) is 0 Å². The van der Waals surface area contributed by atoms with E-state index in [0.717, 1.165) is 23.8 Å². The number of nitrogens with one attached hydrogen (secondary N) is 1. The molecule has 3 rings (SSSR count). The molecule has 1 saturated heterocycles. The highest BCUT2D eigenvalue weighted by Crippen LogP contribution is 2.19. The Bertz CT molecular complexity index is 742. The SMILES string of the molecule is CCOc1ccccc1CNC(=O)c1ccc(CN2CCC[C@@H](C)C2)cc1. The van der Waals surface area contributed by atoms with Gasteiger partial charge in [-0.1, -0.05) is 37.3 Å². The zero-order valence-corrected chi connectivity index (χ0v) is 16.4. The summed E-state index contributed by atoms with van der Waals surface area (Å²) in [7, 11) is 0. The van der Waals surface area contributed by atoms with Gasteiger partial charge in [0.15, 0.2) is 0 Å².